The second-order valence-electron chi connectivity index (χ2n) is 5.58. The fourth-order valence-electron chi connectivity index (χ4n) is 2.34. The molecule has 0 aliphatic carbocycles. The molecular weight excluding hydrogens is 350 g/mol. The largest absolute Gasteiger partial charge is 0.497 e. The van der Waals surface area contributed by atoms with Gasteiger partial charge in [-0.05, 0) is 18.2 Å². The van der Waals surface area contributed by atoms with Crippen LogP contribution < -0.4 is 9.47 Å². The molecule has 146 valence electrons. The minimum atomic E-state index is -1.82. The Morgan fingerprint density at radius 3 is 2.04 bits per heavy atom. The first-order valence-electron chi connectivity index (χ1n) is 8.34. The van der Waals surface area contributed by atoms with Gasteiger partial charge in [-0.1, -0.05) is 43.3 Å². The maximum Gasteiger partial charge on any atom is 0.414 e. The summed E-state index contributed by atoms with van der Waals surface area (Å²) in [5.74, 6) is -1.95. The monoisotopic (exact) mass is 375 g/mol. The molecule has 0 unspecified atom stereocenters. The molecule has 0 heterocycles. The van der Waals surface area contributed by atoms with Crippen LogP contribution in [0.25, 0.3) is 0 Å². The van der Waals surface area contributed by atoms with Gasteiger partial charge < -0.3 is 19.7 Å². The van der Waals surface area contributed by atoms with Crippen molar-refractivity contribution in [3.63, 3.8) is 0 Å². The van der Waals surface area contributed by atoms with Crippen LogP contribution in [0.2, 0.25) is 0 Å². The summed E-state index contributed by atoms with van der Waals surface area (Å²) in [4.78, 5) is 20.6. The van der Waals surface area contributed by atoms with Gasteiger partial charge in [-0.25, -0.2) is 9.59 Å². The lowest BCUT2D eigenvalue weighted by molar-refractivity contribution is -0.159. The average Bonchev–Trinajstić information content (AvgIpc) is 2.68. The number of aliphatic carboxylic acids is 2. The first kappa shape index (κ1) is 22.0. The summed E-state index contributed by atoms with van der Waals surface area (Å²) in [6.07, 6.45) is 0. The topological polar surface area (TPSA) is 96.3 Å². The molecule has 0 bridgehead atoms. The molecule has 0 atom stereocenters. The van der Waals surface area contributed by atoms with Gasteiger partial charge in [0.25, 0.3) is 0 Å². The first-order chi connectivity index (χ1) is 12.9. The van der Waals surface area contributed by atoms with Crippen LogP contribution in [0.4, 0.5) is 0 Å². The van der Waals surface area contributed by atoms with Gasteiger partial charge in [0.15, 0.2) is 0 Å². The van der Waals surface area contributed by atoms with E-state index >= 15 is 0 Å². The Balaban J connectivity index is 0.000000527. The molecule has 0 aliphatic heterocycles. The van der Waals surface area contributed by atoms with Crippen LogP contribution in [0.5, 0.6) is 11.5 Å². The molecule has 2 aromatic carbocycles. The molecular formula is C20H25NO6. The summed E-state index contributed by atoms with van der Waals surface area (Å²) < 4.78 is 10.7. The van der Waals surface area contributed by atoms with E-state index in [4.69, 9.17) is 29.3 Å². The number of rotatable bonds is 7. The first-order valence-corrected chi connectivity index (χ1v) is 8.34. The minimum Gasteiger partial charge on any atom is -0.497 e. The van der Waals surface area contributed by atoms with Crippen molar-refractivity contribution in [1.82, 2.24) is 4.90 Å². The summed E-state index contributed by atoms with van der Waals surface area (Å²) >= 11 is 0. The fraction of sp³-hybridized carbons (Fsp3) is 0.300. The molecule has 0 aromatic heterocycles. The molecule has 27 heavy (non-hydrogen) atoms. The maximum absolute atomic E-state index is 9.10. The summed E-state index contributed by atoms with van der Waals surface area (Å²) in [6, 6.07) is 16.5. The molecule has 7 heteroatoms. The summed E-state index contributed by atoms with van der Waals surface area (Å²) in [5, 5.41) is 14.8. The molecule has 0 fully saturated rings. The van der Waals surface area contributed by atoms with E-state index in [1.54, 1.807) is 14.2 Å². The van der Waals surface area contributed by atoms with Gasteiger partial charge in [0.1, 0.15) is 11.5 Å². The van der Waals surface area contributed by atoms with E-state index in [1.165, 1.54) is 11.1 Å². The smallest absolute Gasteiger partial charge is 0.414 e. The maximum atomic E-state index is 9.10. The highest BCUT2D eigenvalue weighted by Gasteiger charge is 2.10. The summed E-state index contributed by atoms with van der Waals surface area (Å²) in [7, 11) is 3.37. The van der Waals surface area contributed by atoms with E-state index in [1.807, 2.05) is 18.2 Å². The number of carboxylic acid groups (broad SMARTS) is 2. The van der Waals surface area contributed by atoms with Crippen molar-refractivity contribution < 1.29 is 29.3 Å². The van der Waals surface area contributed by atoms with Gasteiger partial charge in [0.05, 0.1) is 14.2 Å². The van der Waals surface area contributed by atoms with Crippen molar-refractivity contribution in [3.8, 4) is 11.5 Å². The number of hydrogen-bond donors (Lipinski definition) is 2. The van der Waals surface area contributed by atoms with Gasteiger partial charge in [-0.2, -0.15) is 0 Å². The van der Waals surface area contributed by atoms with E-state index < -0.39 is 11.9 Å². The zero-order valence-corrected chi connectivity index (χ0v) is 15.7. The predicted octanol–water partition coefficient (Wildman–Crippen LogP) is 2.88. The number of ether oxygens (including phenoxy) is 2. The highest BCUT2D eigenvalue weighted by atomic mass is 16.5. The second kappa shape index (κ2) is 11.5. The molecule has 0 saturated carbocycles. The zero-order chi connectivity index (χ0) is 20.2. The minimum absolute atomic E-state index is 0.821. The van der Waals surface area contributed by atoms with E-state index in [0.717, 1.165) is 31.1 Å². The zero-order valence-electron chi connectivity index (χ0n) is 15.7. The lowest BCUT2D eigenvalue weighted by atomic mass is 10.1. The van der Waals surface area contributed by atoms with Crippen LogP contribution in [-0.4, -0.2) is 47.8 Å². The molecule has 7 nitrogen and oxygen atoms in total. The van der Waals surface area contributed by atoms with Crippen molar-refractivity contribution >= 4 is 11.9 Å². The Bertz CT molecular complexity index is 721. The Morgan fingerprint density at radius 2 is 1.56 bits per heavy atom. The molecule has 2 N–H and O–H groups in total. The van der Waals surface area contributed by atoms with Gasteiger partial charge in [0, 0.05) is 24.7 Å². The lowest BCUT2D eigenvalue weighted by Gasteiger charge is -2.22. The van der Waals surface area contributed by atoms with Crippen molar-refractivity contribution in [2.24, 2.45) is 0 Å². The lowest BCUT2D eigenvalue weighted by Crippen LogP contribution is -2.22. The number of carboxylic acids is 2. The third kappa shape index (κ3) is 7.79. The summed E-state index contributed by atoms with van der Waals surface area (Å²) in [5.41, 5.74) is 2.50. The standard InChI is InChI=1S/C18H23NO2.C2H2O4/c1-4-19(13-15-8-6-5-7-9-15)14-16-10-11-17(20-2)12-18(16)21-3;3-1(4)2(5)6/h5-12H,4,13-14H2,1-3H3;(H,3,4)(H,5,6). The van der Waals surface area contributed by atoms with Crippen LogP contribution in [0.15, 0.2) is 48.5 Å². The second-order valence-corrected chi connectivity index (χ2v) is 5.58. The molecule has 0 aliphatic rings. The van der Waals surface area contributed by atoms with Gasteiger partial charge in [0.2, 0.25) is 0 Å². The Kier molecular flexibility index (Phi) is 9.39. The van der Waals surface area contributed by atoms with Crippen molar-refractivity contribution in [3.05, 3.63) is 59.7 Å². The molecule has 0 radical (unpaired) electrons. The average molecular weight is 375 g/mol. The van der Waals surface area contributed by atoms with Crippen LogP contribution in [0, 0.1) is 0 Å². The van der Waals surface area contributed by atoms with Gasteiger partial charge >= 0.3 is 11.9 Å². The third-order valence-electron chi connectivity index (χ3n) is 3.77. The Labute approximate surface area is 158 Å². The number of hydrogen-bond acceptors (Lipinski definition) is 5. The third-order valence-corrected chi connectivity index (χ3v) is 3.77. The number of carbonyl (C=O) groups is 2. The normalized spacial score (nSPS) is 9.93. The molecule has 2 aromatic rings. The molecule has 0 spiro atoms. The van der Waals surface area contributed by atoms with E-state index in [0.29, 0.717) is 0 Å². The summed E-state index contributed by atoms with van der Waals surface area (Å²) in [6.45, 7) is 4.97. The quantitative estimate of drug-likeness (QED) is 0.718. The van der Waals surface area contributed by atoms with Crippen LogP contribution in [0.3, 0.4) is 0 Å². The SMILES string of the molecule is CCN(Cc1ccccc1)Cc1ccc(OC)cc1OC.O=C(O)C(=O)O. The van der Waals surface area contributed by atoms with Crippen molar-refractivity contribution in [2.45, 2.75) is 20.0 Å². The Hall–Kier alpha value is -3.06. The van der Waals surface area contributed by atoms with Gasteiger partial charge in [-0.3, -0.25) is 4.90 Å². The fourth-order valence-corrected chi connectivity index (χ4v) is 2.34. The number of benzene rings is 2. The molecule has 0 saturated heterocycles. The Morgan fingerprint density at radius 1 is 0.926 bits per heavy atom. The molecule has 2 rings (SSSR count). The van der Waals surface area contributed by atoms with E-state index in [2.05, 4.69) is 42.2 Å². The van der Waals surface area contributed by atoms with Crippen LogP contribution in [0.1, 0.15) is 18.1 Å². The van der Waals surface area contributed by atoms with Crippen molar-refractivity contribution in [2.75, 3.05) is 20.8 Å². The van der Waals surface area contributed by atoms with E-state index in [-0.39, 0.29) is 0 Å². The highest BCUT2D eigenvalue weighted by molar-refractivity contribution is 6.27. The highest BCUT2D eigenvalue weighted by Crippen LogP contribution is 2.26. The molecule has 0 amide bonds. The van der Waals surface area contributed by atoms with Crippen LogP contribution in [-0.2, 0) is 22.7 Å². The number of methoxy groups -OCH3 is 2. The number of nitrogens with zero attached hydrogens (tertiary/aromatic N) is 1. The van der Waals surface area contributed by atoms with E-state index in [9.17, 15) is 0 Å². The van der Waals surface area contributed by atoms with Crippen LogP contribution >= 0.6 is 0 Å². The van der Waals surface area contributed by atoms with Crippen molar-refractivity contribution in [1.29, 1.82) is 0 Å². The predicted molar refractivity (Wildman–Crippen MR) is 101 cm³/mol. The van der Waals surface area contributed by atoms with Gasteiger partial charge in [-0.15, -0.1) is 0 Å².